The number of carbonyl (C=O) groups excluding carboxylic acids is 4. The average molecular weight is 379 g/mol. The number of esters is 1. The van der Waals surface area contributed by atoms with Crippen LogP contribution in [0.1, 0.15) is 60.3 Å². The van der Waals surface area contributed by atoms with Gasteiger partial charge in [0.15, 0.2) is 0 Å². The van der Waals surface area contributed by atoms with Gasteiger partial charge in [-0.15, -0.1) is 0 Å². The zero-order valence-corrected chi connectivity index (χ0v) is 17.0. The fourth-order valence-electron chi connectivity index (χ4n) is 2.98. The van der Waals surface area contributed by atoms with Gasteiger partial charge in [-0.3, -0.25) is 9.59 Å². The van der Waals surface area contributed by atoms with E-state index in [9.17, 15) is 19.2 Å². The smallest absolute Gasteiger partial charge is 0.333 e. The summed E-state index contributed by atoms with van der Waals surface area (Å²) in [4.78, 5) is 50.4. The van der Waals surface area contributed by atoms with Crippen molar-refractivity contribution in [1.82, 2.24) is 5.06 Å². The Hall–Kier alpha value is -2.44. The highest BCUT2D eigenvalue weighted by Crippen LogP contribution is 2.46. The van der Waals surface area contributed by atoms with E-state index in [0.717, 1.165) is 5.06 Å². The Kier molecular flexibility index (Phi) is 7.94. The van der Waals surface area contributed by atoms with Gasteiger partial charge in [0, 0.05) is 25.3 Å². The summed E-state index contributed by atoms with van der Waals surface area (Å²) in [6, 6.07) is 0. The van der Waals surface area contributed by atoms with Gasteiger partial charge in [0.2, 0.25) is 0 Å². The highest BCUT2D eigenvalue weighted by atomic mass is 16.7. The van der Waals surface area contributed by atoms with Gasteiger partial charge in [-0.2, -0.15) is 5.06 Å². The molecule has 1 amide bonds. The van der Waals surface area contributed by atoms with Crippen LogP contribution in [0.5, 0.6) is 0 Å². The molecule has 0 bridgehead atoms. The molecule has 27 heavy (non-hydrogen) atoms. The van der Waals surface area contributed by atoms with Gasteiger partial charge < -0.3 is 14.4 Å². The minimum absolute atomic E-state index is 0.0352. The number of nitrogens with zero attached hydrogens (tertiary/aromatic N) is 1. The van der Waals surface area contributed by atoms with E-state index in [0.29, 0.717) is 6.29 Å². The van der Waals surface area contributed by atoms with E-state index in [-0.39, 0.29) is 37.7 Å². The topological polar surface area (TPSA) is 90.0 Å². The van der Waals surface area contributed by atoms with Crippen molar-refractivity contribution in [2.45, 2.75) is 60.3 Å². The zero-order valence-electron chi connectivity index (χ0n) is 17.0. The molecule has 0 saturated carbocycles. The minimum Gasteiger partial charge on any atom is -0.464 e. The lowest BCUT2D eigenvalue weighted by Crippen LogP contribution is -2.30. The van der Waals surface area contributed by atoms with Crippen LogP contribution in [0.25, 0.3) is 0 Å². The lowest BCUT2D eigenvalue weighted by atomic mass is 9.80. The predicted octanol–water partition coefficient (Wildman–Crippen LogP) is 2.90. The van der Waals surface area contributed by atoms with Gasteiger partial charge in [-0.25, -0.2) is 4.79 Å². The Bertz CT molecular complexity index is 665. The number of hydrogen-bond donors (Lipinski definition) is 0. The molecule has 0 unspecified atom stereocenters. The number of ether oxygens (including phenoxy) is 1. The van der Waals surface area contributed by atoms with Crippen LogP contribution in [0, 0.1) is 5.41 Å². The van der Waals surface area contributed by atoms with Crippen LogP contribution in [0.2, 0.25) is 0 Å². The third-order valence-corrected chi connectivity index (χ3v) is 5.46. The van der Waals surface area contributed by atoms with Crippen LogP contribution in [0.3, 0.4) is 0 Å². The van der Waals surface area contributed by atoms with Crippen molar-refractivity contribution >= 4 is 24.1 Å². The van der Waals surface area contributed by atoms with Crippen LogP contribution in [-0.2, 0) is 28.8 Å². The van der Waals surface area contributed by atoms with Gasteiger partial charge in [-0.1, -0.05) is 11.1 Å². The van der Waals surface area contributed by atoms with Crippen LogP contribution in [0.15, 0.2) is 22.3 Å². The molecule has 0 aromatic rings. The van der Waals surface area contributed by atoms with E-state index in [1.165, 1.54) is 29.3 Å². The molecule has 0 fully saturated rings. The summed E-state index contributed by atoms with van der Waals surface area (Å²) in [5, 5.41) is 0.782. The van der Waals surface area contributed by atoms with Crippen LogP contribution < -0.4 is 0 Å². The number of amides is 1. The normalized spacial score (nSPS) is 15.6. The van der Waals surface area contributed by atoms with Crippen molar-refractivity contribution in [3.63, 3.8) is 0 Å². The molecule has 0 radical (unpaired) electrons. The molecule has 7 nitrogen and oxygen atoms in total. The van der Waals surface area contributed by atoms with Gasteiger partial charge >= 0.3 is 11.9 Å². The van der Waals surface area contributed by atoms with Crippen molar-refractivity contribution < 1.29 is 28.8 Å². The lowest BCUT2D eigenvalue weighted by molar-refractivity contribution is -0.193. The lowest BCUT2D eigenvalue weighted by Gasteiger charge is -2.28. The van der Waals surface area contributed by atoms with Crippen LogP contribution >= 0.6 is 0 Å². The molecule has 0 heterocycles. The number of hydrogen-bond acceptors (Lipinski definition) is 6. The molecule has 0 saturated heterocycles. The van der Waals surface area contributed by atoms with E-state index in [1.807, 2.05) is 20.8 Å². The first-order chi connectivity index (χ1) is 12.5. The van der Waals surface area contributed by atoms with Crippen LogP contribution in [-0.4, -0.2) is 42.8 Å². The molecule has 0 spiro atoms. The maximum Gasteiger partial charge on any atom is 0.333 e. The summed E-state index contributed by atoms with van der Waals surface area (Å²) in [5.41, 5.74) is 4.48. The summed E-state index contributed by atoms with van der Waals surface area (Å²) >= 11 is 0. The predicted molar refractivity (Wildman–Crippen MR) is 99.2 cm³/mol. The Labute approximate surface area is 160 Å². The molecule has 1 rings (SSSR count). The van der Waals surface area contributed by atoms with Gasteiger partial charge in [0.25, 0.3) is 5.91 Å². The first kappa shape index (κ1) is 22.6. The average Bonchev–Trinajstić information content (AvgIpc) is 2.78. The Balaban J connectivity index is 2.45. The fourth-order valence-corrected chi connectivity index (χ4v) is 2.98. The highest BCUT2D eigenvalue weighted by molar-refractivity contribution is 5.81. The molecule has 1 aliphatic rings. The first-order valence-electron chi connectivity index (χ1n) is 8.97. The molecule has 0 aliphatic heterocycles. The molecular formula is C20H29NO6. The number of allylic oxidation sites excluding steroid dienone is 2. The SMILES string of the molecule is CC1=C(C)C(C)(COC(=O)CCC(=O)ON(C)C(=O)CCC=O)C(C)=C1C. The highest BCUT2D eigenvalue weighted by Gasteiger charge is 2.37. The molecule has 150 valence electrons. The summed E-state index contributed by atoms with van der Waals surface area (Å²) in [6.07, 6.45) is 0.321. The van der Waals surface area contributed by atoms with E-state index in [2.05, 4.69) is 13.8 Å². The molecule has 7 heteroatoms. The molecule has 0 atom stereocenters. The quantitative estimate of drug-likeness (QED) is 0.366. The summed E-state index contributed by atoms with van der Waals surface area (Å²) in [7, 11) is 1.29. The Morgan fingerprint density at radius 3 is 2.00 bits per heavy atom. The second-order valence-corrected chi connectivity index (χ2v) is 7.05. The fraction of sp³-hybridized carbons (Fsp3) is 0.600. The number of rotatable bonds is 8. The summed E-state index contributed by atoms with van der Waals surface area (Å²) in [6.45, 7) is 10.5. The van der Waals surface area contributed by atoms with Crippen molar-refractivity contribution in [3.8, 4) is 0 Å². The van der Waals surface area contributed by atoms with Crippen LogP contribution in [0.4, 0.5) is 0 Å². The van der Waals surface area contributed by atoms with Gasteiger partial charge in [0.1, 0.15) is 12.9 Å². The number of hydroxylamine groups is 2. The third kappa shape index (κ3) is 5.52. The first-order valence-corrected chi connectivity index (χ1v) is 8.97. The molecule has 0 N–H and O–H groups in total. The second-order valence-electron chi connectivity index (χ2n) is 7.05. The van der Waals surface area contributed by atoms with Crippen molar-refractivity contribution in [2.24, 2.45) is 5.41 Å². The molecular weight excluding hydrogens is 350 g/mol. The van der Waals surface area contributed by atoms with Gasteiger partial charge in [-0.05, 0) is 45.8 Å². The Morgan fingerprint density at radius 2 is 1.48 bits per heavy atom. The zero-order chi connectivity index (χ0) is 20.8. The molecule has 0 aromatic heterocycles. The number of aldehydes is 1. The third-order valence-electron chi connectivity index (χ3n) is 5.46. The van der Waals surface area contributed by atoms with Crippen molar-refractivity contribution in [1.29, 1.82) is 0 Å². The van der Waals surface area contributed by atoms with Crippen molar-refractivity contribution in [3.05, 3.63) is 22.3 Å². The second kappa shape index (κ2) is 9.48. The monoisotopic (exact) mass is 379 g/mol. The van der Waals surface area contributed by atoms with E-state index in [4.69, 9.17) is 9.57 Å². The maximum absolute atomic E-state index is 12.0. The van der Waals surface area contributed by atoms with E-state index >= 15 is 0 Å². The maximum atomic E-state index is 12.0. The minimum atomic E-state index is -0.708. The Morgan fingerprint density at radius 1 is 0.963 bits per heavy atom. The van der Waals surface area contributed by atoms with Crippen molar-refractivity contribution in [2.75, 3.05) is 13.7 Å². The number of carbonyl (C=O) groups is 4. The molecule has 1 aliphatic carbocycles. The molecule has 0 aromatic carbocycles. The standard InChI is InChI=1S/C20H29NO6/c1-13-14(2)16(4)20(5,15(13)3)12-26-18(24)9-10-19(25)27-21(6)17(23)8-7-11-22/h11H,7-10,12H2,1-6H3. The van der Waals surface area contributed by atoms with E-state index in [1.54, 1.807) is 0 Å². The summed E-state index contributed by atoms with van der Waals surface area (Å²) in [5.74, 6) is -1.69. The van der Waals surface area contributed by atoms with E-state index < -0.39 is 17.8 Å². The van der Waals surface area contributed by atoms with Gasteiger partial charge in [0.05, 0.1) is 12.8 Å². The summed E-state index contributed by atoms with van der Waals surface area (Å²) < 4.78 is 5.39. The largest absolute Gasteiger partial charge is 0.464 e.